The summed E-state index contributed by atoms with van der Waals surface area (Å²) in [4.78, 5) is 12.0. The van der Waals surface area contributed by atoms with Gasteiger partial charge in [0.15, 0.2) is 0 Å². The van der Waals surface area contributed by atoms with Crippen LogP contribution in [0.3, 0.4) is 0 Å². The van der Waals surface area contributed by atoms with E-state index in [9.17, 15) is 4.79 Å². The topological polar surface area (TPSA) is 38.3 Å². The Morgan fingerprint density at radius 3 is 2.71 bits per heavy atom. The lowest BCUT2D eigenvalue weighted by Gasteiger charge is -2.07. The third-order valence-electron chi connectivity index (χ3n) is 3.22. The van der Waals surface area contributed by atoms with Crippen LogP contribution in [0.4, 0.5) is 0 Å². The molecular formula is C20H18INO2. The van der Waals surface area contributed by atoms with Crippen molar-refractivity contribution >= 4 is 28.5 Å². The molecule has 24 heavy (non-hydrogen) atoms. The predicted octanol–water partition coefficient (Wildman–Crippen LogP) is 3.83. The third-order valence-corrected chi connectivity index (χ3v) is 4.16. The molecule has 0 aliphatic heterocycles. The second kappa shape index (κ2) is 9.78. The molecule has 0 aromatic heterocycles. The lowest BCUT2D eigenvalue weighted by atomic mass is 10.1. The second-order valence-electron chi connectivity index (χ2n) is 4.91. The molecule has 1 N–H and O–H groups in total. The summed E-state index contributed by atoms with van der Waals surface area (Å²) in [7, 11) is 0. The Balaban J connectivity index is 1.80. The molecule has 2 rings (SSSR count). The highest BCUT2D eigenvalue weighted by molar-refractivity contribution is 14.1. The van der Waals surface area contributed by atoms with E-state index in [4.69, 9.17) is 4.74 Å². The largest absolute Gasteiger partial charge is 0.481 e. The zero-order valence-corrected chi connectivity index (χ0v) is 15.4. The average Bonchev–Trinajstić information content (AvgIpc) is 2.59. The number of halogens is 1. The Bertz CT molecular complexity index is 774. The van der Waals surface area contributed by atoms with Crippen molar-refractivity contribution in [2.45, 2.75) is 6.42 Å². The van der Waals surface area contributed by atoms with Gasteiger partial charge in [0.25, 0.3) is 5.91 Å². The van der Waals surface area contributed by atoms with Gasteiger partial charge in [-0.1, -0.05) is 48.2 Å². The number of amides is 1. The van der Waals surface area contributed by atoms with E-state index in [2.05, 4.69) is 46.3 Å². The first-order chi connectivity index (χ1) is 11.7. The smallest absolute Gasteiger partial charge is 0.253 e. The van der Waals surface area contributed by atoms with E-state index in [-0.39, 0.29) is 12.5 Å². The van der Waals surface area contributed by atoms with Crippen molar-refractivity contribution in [3.63, 3.8) is 0 Å². The fourth-order valence-corrected chi connectivity index (χ4v) is 2.69. The Morgan fingerprint density at radius 1 is 1.17 bits per heavy atom. The van der Waals surface area contributed by atoms with Crippen molar-refractivity contribution < 1.29 is 9.53 Å². The summed E-state index contributed by atoms with van der Waals surface area (Å²) in [5.41, 5.74) is 1.75. The highest BCUT2D eigenvalue weighted by Crippen LogP contribution is 2.18. The summed E-state index contributed by atoms with van der Waals surface area (Å²) in [5.74, 6) is 6.50. The lowest BCUT2D eigenvalue weighted by Crippen LogP contribution is -2.24. The number of benzene rings is 2. The number of rotatable bonds is 6. The fraction of sp³-hybridized carbons (Fsp3) is 0.150. The Kier molecular flexibility index (Phi) is 7.37. The Labute approximate surface area is 156 Å². The minimum atomic E-state index is -0.119. The maximum Gasteiger partial charge on any atom is 0.253 e. The first kappa shape index (κ1) is 18.1. The van der Waals surface area contributed by atoms with Crippen LogP contribution in [0.2, 0.25) is 0 Å². The van der Waals surface area contributed by atoms with Crippen molar-refractivity contribution in [2.24, 2.45) is 0 Å². The van der Waals surface area contributed by atoms with Gasteiger partial charge in [0, 0.05) is 3.57 Å². The van der Waals surface area contributed by atoms with Crippen LogP contribution in [0.5, 0.6) is 5.75 Å². The summed E-state index contributed by atoms with van der Waals surface area (Å²) in [5, 5.41) is 2.78. The summed E-state index contributed by atoms with van der Waals surface area (Å²) in [6.07, 6.45) is 2.60. The van der Waals surface area contributed by atoms with Gasteiger partial charge in [0.05, 0.1) is 12.1 Å². The molecule has 0 heterocycles. The SMILES string of the molecule is C=CCc1ccccc1OCC#CCNC(=O)c1ccccc1I. The summed E-state index contributed by atoms with van der Waals surface area (Å²) in [6.45, 7) is 4.32. The quantitative estimate of drug-likeness (QED) is 0.429. The highest BCUT2D eigenvalue weighted by atomic mass is 127. The van der Waals surface area contributed by atoms with Crippen LogP contribution in [-0.2, 0) is 6.42 Å². The van der Waals surface area contributed by atoms with E-state index in [1.165, 1.54) is 0 Å². The maximum absolute atomic E-state index is 12.0. The standard InChI is InChI=1S/C20H18INO2/c1-2-9-16-10-3-6-13-19(16)24-15-8-7-14-22-20(23)17-11-4-5-12-18(17)21/h2-6,10-13H,1,9,14-15H2,(H,22,23). The van der Waals surface area contributed by atoms with Crippen molar-refractivity contribution in [1.29, 1.82) is 0 Å². The summed E-state index contributed by atoms with van der Waals surface area (Å²) >= 11 is 2.14. The molecule has 122 valence electrons. The van der Waals surface area contributed by atoms with Crippen molar-refractivity contribution in [3.05, 3.63) is 75.9 Å². The summed E-state index contributed by atoms with van der Waals surface area (Å²) < 4.78 is 6.58. The van der Waals surface area contributed by atoms with Gasteiger partial charge in [-0.3, -0.25) is 4.79 Å². The van der Waals surface area contributed by atoms with Crippen molar-refractivity contribution in [3.8, 4) is 17.6 Å². The number of ether oxygens (including phenoxy) is 1. The lowest BCUT2D eigenvalue weighted by molar-refractivity contribution is 0.0958. The fourth-order valence-electron chi connectivity index (χ4n) is 2.06. The zero-order valence-electron chi connectivity index (χ0n) is 13.2. The van der Waals surface area contributed by atoms with E-state index < -0.39 is 0 Å². The van der Waals surface area contributed by atoms with Crippen molar-refractivity contribution in [2.75, 3.05) is 13.2 Å². The van der Waals surface area contributed by atoms with E-state index in [1.54, 1.807) is 6.07 Å². The Morgan fingerprint density at radius 2 is 1.92 bits per heavy atom. The van der Waals surface area contributed by atoms with E-state index in [0.717, 1.165) is 21.3 Å². The van der Waals surface area contributed by atoms with E-state index >= 15 is 0 Å². The van der Waals surface area contributed by atoms with Crippen LogP contribution >= 0.6 is 22.6 Å². The highest BCUT2D eigenvalue weighted by Gasteiger charge is 2.06. The van der Waals surface area contributed by atoms with Gasteiger partial charge in [-0.25, -0.2) is 0 Å². The van der Waals surface area contributed by atoms with Crippen LogP contribution in [0.25, 0.3) is 0 Å². The summed E-state index contributed by atoms with van der Waals surface area (Å²) in [6, 6.07) is 15.3. The van der Waals surface area contributed by atoms with Crippen LogP contribution in [-0.4, -0.2) is 19.1 Å². The minimum Gasteiger partial charge on any atom is -0.481 e. The predicted molar refractivity (Wildman–Crippen MR) is 105 cm³/mol. The van der Waals surface area contributed by atoms with Crippen molar-refractivity contribution in [1.82, 2.24) is 5.32 Å². The van der Waals surface area contributed by atoms with Crippen LogP contribution in [0.1, 0.15) is 15.9 Å². The number of allylic oxidation sites excluding steroid dienone is 1. The van der Waals surface area contributed by atoms with Gasteiger partial charge >= 0.3 is 0 Å². The molecule has 2 aromatic rings. The average molecular weight is 431 g/mol. The van der Waals surface area contributed by atoms with Crippen LogP contribution in [0.15, 0.2) is 61.2 Å². The molecule has 0 unspecified atom stereocenters. The molecule has 4 heteroatoms. The molecule has 0 saturated carbocycles. The van der Waals surface area contributed by atoms with Gasteiger partial charge in [-0.2, -0.15) is 0 Å². The maximum atomic E-state index is 12.0. The molecule has 0 radical (unpaired) electrons. The van der Waals surface area contributed by atoms with Crippen LogP contribution in [0, 0.1) is 15.4 Å². The second-order valence-corrected chi connectivity index (χ2v) is 6.07. The first-order valence-corrected chi connectivity index (χ1v) is 8.60. The number of carbonyl (C=O) groups is 1. The molecule has 1 amide bonds. The molecule has 2 aromatic carbocycles. The number of carbonyl (C=O) groups excluding carboxylic acids is 1. The number of para-hydroxylation sites is 1. The third kappa shape index (κ3) is 5.43. The molecule has 0 spiro atoms. The zero-order chi connectivity index (χ0) is 17.2. The molecule has 0 fully saturated rings. The Hall–Kier alpha value is -2.26. The van der Waals surface area contributed by atoms with Gasteiger partial charge in [0.1, 0.15) is 12.4 Å². The monoisotopic (exact) mass is 431 g/mol. The van der Waals surface area contributed by atoms with Gasteiger partial charge in [0.2, 0.25) is 0 Å². The minimum absolute atomic E-state index is 0.119. The molecular weight excluding hydrogens is 413 g/mol. The number of hydrogen-bond acceptors (Lipinski definition) is 2. The molecule has 0 aliphatic rings. The number of nitrogens with one attached hydrogen (secondary N) is 1. The van der Waals surface area contributed by atoms with Gasteiger partial charge < -0.3 is 10.1 Å². The normalized spacial score (nSPS) is 9.54. The molecule has 3 nitrogen and oxygen atoms in total. The van der Waals surface area contributed by atoms with Crippen LogP contribution < -0.4 is 10.1 Å². The van der Waals surface area contributed by atoms with E-state index in [1.807, 2.05) is 48.5 Å². The molecule has 0 saturated heterocycles. The van der Waals surface area contributed by atoms with E-state index in [0.29, 0.717) is 12.1 Å². The van der Waals surface area contributed by atoms with Gasteiger partial charge in [-0.15, -0.1) is 6.58 Å². The number of hydrogen-bond donors (Lipinski definition) is 1. The molecule has 0 aliphatic carbocycles. The van der Waals surface area contributed by atoms with Gasteiger partial charge in [-0.05, 0) is 52.8 Å². The molecule has 0 bridgehead atoms. The first-order valence-electron chi connectivity index (χ1n) is 7.52. The molecule has 0 atom stereocenters.